The molecule has 1 amide bonds. The molecule has 4 nitrogen and oxygen atoms in total. The molecule has 0 fully saturated rings. The molecule has 0 saturated carbocycles. The van der Waals surface area contributed by atoms with E-state index in [1.807, 2.05) is 82.3 Å². The molecule has 0 spiro atoms. The largest absolute Gasteiger partial charge is 0.507 e. The number of benzene rings is 4. The minimum absolute atomic E-state index is 0.0206. The summed E-state index contributed by atoms with van der Waals surface area (Å²) in [6, 6.07) is 20.5. The molecule has 0 aliphatic heterocycles. The summed E-state index contributed by atoms with van der Waals surface area (Å²) >= 11 is 0. The molecule has 0 atom stereocenters. The van der Waals surface area contributed by atoms with E-state index in [9.17, 15) is 15.0 Å². The summed E-state index contributed by atoms with van der Waals surface area (Å²) in [5.41, 5.74) is 1.24. The first-order valence-electron chi connectivity index (χ1n) is 10.6. The van der Waals surface area contributed by atoms with Gasteiger partial charge in [-0.25, -0.2) is 0 Å². The van der Waals surface area contributed by atoms with Crippen LogP contribution in [0, 0.1) is 0 Å². The molecule has 0 radical (unpaired) electrons. The number of hydrogen-bond acceptors (Lipinski definition) is 3. The molecule has 4 rings (SSSR count). The predicted molar refractivity (Wildman–Crippen MR) is 127 cm³/mol. The van der Waals surface area contributed by atoms with E-state index < -0.39 is 0 Å². The first-order chi connectivity index (χ1) is 14.8. The van der Waals surface area contributed by atoms with Crippen LogP contribution in [-0.2, 0) is 0 Å². The third-order valence-electron chi connectivity index (χ3n) is 5.76. The van der Waals surface area contributed by atoms with Gasteiger partial charge in [0.25, 0.3) is 5.91 Å². The van der Waals surface area contributed by atoms with Crippen molar-refractivity contribution in [2.75, 3.05) is 0 Å². The van der Waals surface area contributed by atoms with Crippen molar-refractivity contribution in [3.63, 3.8) is 0 Å². The van der Waals surface area contributed by atoms with Crippen molar-refractivity contribution in [2.45, 2.75) is 39.8 Å². The molecular formula is C27H27NO3. The van der Waals surface area contributed by atoms with Gasteiger partial charge >= 0.3 is 0 Å². The number of phenolic OH excluding ortho intramolecular Hbond substituents is 2. The molecule has 4 aromatic rings. The van der Waals surface area contributed by atoms with E-state index in [0.29, 0.717) is 11.1 Å². The highest BCUT2D eigenvalue weighted by Crippen LogP contribution is 2.46. The number of phenols is 2. The van der Waals surface area contributed by atoms with Crippen LogP contribution < -0.4 is 0 Å². The molecule has 158 valence electrons. The first-order valence-corrected chi connectivity index (χ1v) is 10.6. The molecule has 4 heteroatoms. The topological polar surface area (TPSA) is 60.8 Å². The van der Waals surface area contributed by atoms with Crippen LogP contribution in [0.1, 0.15) is 38.1 Å². The molecule has 0 aliphatic carbocycles. The molecule has 0 aliphatic rings. The predicted octanol–water partition coefficient (Wildman–Crippen LogP) is 6.33. The van der Waals surface area contributed by atoms with Gasteiger partial charge in [0.05, 0.1) is 5.56 Å². The Kier molecular flexibility index (Phi) is 5.32. The Labute approximate surface area is 182 Å². The number of amides is 1. The summed E-state index contributed by atoms with van der Waals surface area (Å²) in [4.78, 5) is 15.3. The fourth-order valence-electron chi connectivity index (χ4n) is 4.48. The van der Waals surface area contributed by atoms with Crippen molar-refractivity contribution in [3.05, 3.63) is 72.3 Å². The highest BCUT2D eigenvalue weighted by atomic mass is 16.3. The Morgan fingerprint density at radius 3 is 1.90 bits per heavy atom. The molecule has 0 unspecified atom stereocenters. The molecular weight excluding hydrogens is 386 g/mol. The van der Waals surface area contributed by atoms with E-state index in [1.165, 1.54) is 0 Å². The highest BCUT2D eigenvalue weighted by Gasteiger charge is 2.27. The monoisotopic (exact) mass is 413 g/mol. The fourth-order valence-corrected chi connectivity index (χ4v) is 4.48. The summed E-state index contributed by atoms with van der Waals surface area (Å²) < 4.78 is 0. The van der Waals surface area contributed by atoms with Crippen LogP contribution in [0.15, 0.2) is 66.7 Å². The standard InChI is InChI=1S/C27H27NO3/c1-16(2)28(17(3)4)27(31)22-15-19-10-6-8-12-21(19)25(26(22)30)24-20-11-7-5-9-18(20)13-14-23(24)29/h5-17,29-30H,1-4H3. The molecule has 0 bridgehead atoms. The van der Waals surface area contributed by atoms with Gasteiger partial charge in [0.15, 0.2) is 0 Å². The van der Waals surface area contributed by atoms with E-state index in [-0.39, 0.29) is 35.1 Å². The maximum atomic E-state index is 13.5. The minimum atomic E-state index is -0.228. The van der Waals surface area contributed by atoms with Gasteiger partial charge < -0.3 is 15.1 Å². The second-order valence-electron chi connectivity index (χ2n) is 8.45. The number of aromatic hydroxyl groups is 2. The van der Waals surface area contributed by atoms with Crippen molar-refractivity contribution in [3.8, 4) is 22.6 Å². The zero-order valence-corrected chi connectivity index (χ0v) is 18.3. The second kappa shape index (κ2) is 7.95. The summed E-state index contributed by atoms with van der Waals surface area (Å²) in [5.74, 6) is -0.274. The lowest BCUT2D eigenvalue weighted by molar-refractivity contribution is 0.0641. The van der Waals surface area contributed by atoms with E-state index in [0.717, 1.165) is 21.5 Å². The van der Waals surface area contributed by atoms with Gasteiger partial charge in [-0.1, -0.05) is 54.6 Å². The van der Waals surface area contributed by atoms with Gasteiger partial charge in [0.2, 0.25) is 0 Å². The van der Waals surface area contributed by atoms with Crippen molar-refractivity contribution >= 4 is 27.5 Å². The SMILES string of the molecule is CC(C)N(C(=O)c1cc2ccccc2c(-c2c(O)ccc3ccccc23)c1O)C(C)C. The van der Waals surface area contributed by atoms with Gasteiger partial charge in [-0.05, 0) is 61.4 Å². The summed E-state index contributed by atoms with van der Waals surface area (Å²) in [6.07, 6.45) is 0. The van der Waals surface area contributed by atoms with Crippen molar-refractivity contribution in [2.24, 2.45) is 0 Å². The maximum Gasteiger partial charge on any atom is 0.258 e. The lowest BCUT2D eigenvalue weighted by atomic mass is 9.90. The van der Waals surface area contributed by atoms with Crippen molar-refractivity contribution < 1.29 is 15.0 Å². The molecule has 2 N–H and O–H groups in total. The zero-order chi connectivity index (χ0) is 22.3. The average Bonchev–Trinajstić information content (AvgIpc) is 2.73. The lowest BCUT2D eigenvalue weighted by Crippen LogP contribution is -2.42. The summed E-state index contributed by atoms with van der Waals surface area (Å²) in [7, 11) is 0. The molecule has 31 heavy (non-hydrogen) atoms. The van der Waals surface area contributed by atoms with Crippen LogP contribution in [0.25, 0.3) is 32.7 Å². The van der Waals surface area contributed by atoms with Crippen LogP contribution in [0.3, 0.4) is 0 Å². The van der Waals surface area contributed by atoms with Crippen molar-refractivity contribution in [1.82, 2.24) is 4.90 Å². The van der Waals surface area contributed by atoms with Gasteiger partial charge in [0, 0.05) is 23.2 Å². The first kappa shape index (κ1) is 20.7. The molecule has 0 heterocycles. The smallest absolute Gasteiger partial charge is 0.258 e. The van der Waals surface area contributed by atoms with E-state index in [4.69, 9.17) is 0 Å². The third-order valence-corrected chi connectivity index (χ3v) is 5.76. The quantitative estimate of drug-likeness (QED) is 0.411. The Balaban J connectivity index is 2.10. The normalized spacial score (nSPS) is 11.5. The number of hydrogen-bond donors (Lipinski definition) is 2. The van der Waals surface area contributed by atoms with Crippen LogP contribution in [0.4, 0.5) is 0 Å². The zero-order valence-electron chi connectivity index (χ0n) is 18.3. The molecule has 0 saturated heterocycles. The summed E-state index contributed by atoms with van der Waals surface area (Å²) in [6.45, 7) is 7.86. The number of rotatable bonds is 4. The Bertz CT molecular complexity index is 1280. The van der Waals surface area contributed by atoms with Gasteiger partial charge in [-0.2, -0.15) is 0 Å². The van der Waals surface area contributed by atoms with Gasteiger partial charge in [0.1, 0.15) is 11.5 Å². The van der Waals surface area contributed by atoms with Crippen LogP contribution >= 0.6 is 0 Å². The van der Waals surface area contributed by atoms with Crippen LogP contribution in [0.5, 0.6) is 11.5 Å². The fraction of sp³-hybridized carbons (Fsp3) is 0.222. The van der Waals surface area contributed by atoms with Gasteiger partial charge in [-0.3, -0.25) is 4.79 Å². The van der Waals surface area contributed by atoms with E-state index in [1.54, 1.807) is 17.0 Å². The molecule has 0 aromatic heterocycles. The van der Waals surface area contributed by atoms with E-state index in [2.05, 4.69) is 0 Å². The third kappa shape index (κ3) is 3.48. The van der Waals surface area contributed by atoms with Crippen LogP contribution in [0.2, 0.25) is 0 Å². The Morgan fingerprint density at radius 1 is 0.742 bits per heavy atom. The maximum absolute atomic E-state index is 13.5. The van der Waals surface area contributed by atoms with E-state index >= 15 is 0 Å². The lowest BCUT2D eigenvalue weighted by Gasteiger charge is -2.31. The summed E-state index contributed by atoms with van der Waals surface area (Å²) in [5, 5.41) is 25.7. The number of fused-ring (bicyclic) bond motifs is 2. The average molecular weight is 414 g/mol. The number of carbonyl (C=O) groups is 1. The van der Waals surface area contributed by atoms with Gasteiger partial charge in [-0.15, -0.1) is 0 Å². The number of nitrogens with zero attached hydrogens (tertiary/aromatic N) is 1. The number of carbonyl (C=O) groups excluding carboxylic acids is 1. The Hall–Kier alpha value is -3.53. The highest BCUT2D eigenvalue weighted by molar-refractivity contribution is 6.13. The minimum Gasteiger partial charge on any atom is -0.507 e. The van der Waals surface area contributed by atoms with Crippen molar-refractivity contribution in [1.29, 1.82) is 0 Å². The Morgan fingerprint density at radius 2 is 1.29 bits per heavy atom. The second-order valence-corrected chi connectivity index (χ2v) is 8.45. The van der Waals surface area contributed by atoms with Crippen LogP contribution in [-0.4, -0.2) is 33.1 Å². The molecule has 4 aromatic carbocycles.